The number of piperidine rings is 1. The summed E-state index contributed by atoms with van der Waals surface area (Å²) in [6.45, 7) is 3.69. The quantitative estimate of drug-likeness (QED) is 0.780. The van der Waals surface area contributed by atoms with Crippen molar-refractivity contribution in [1.82, 2.24) is 10.2 Å². The molecule has 2 rings (SSSR count). The molecule has 5 nitrogen and oxygen atoms in total. The number of carbonyl (C=O) groups excluding carboxylic acids is 1. The predicted octanol–water partition coefficient (Wildman–Crippen LogP) is 0.842. The molecule has 2 N–H and O–H groups in total. The van der Waals surface area contributed by atoms with Crippen molar-refractivity contribution in [3.8, 4) is 0 Å². The van der Waals surface area contributed by atoms with Crippen LogP contribution in [0.1, 0.15) is 39.0 Å². The van der Waals surface area contributed by atoms with E-state index in [-0.39, 0.29) is 17.4 Å². The monoisotopic (exact) mass is 254 g/mol. The van der Waals surface area contributed by atoms with Crippen molar-refractivity contribution in [2.24, 2.45) is 5.92 Å². The van der Waals surface area contributed by atoms with E-state index in [1.165, 1.54) is 6.42 Å². The lowest BCUT2D eigenvalue weighted by Gasteiger charge is -2.40. The molecule has 1 aliphatic heterocycles. The molecule has 0 aromatic heterocycles. The molecular weight excluding hydrogens is 232 g/mol. The Bertz CT molecular complexity index is 331. The zero-order chi connectivity index (χ0) is 13.2. The number of carboxylic acid groups (broad SMARTS) is 1. The Kier molecular flexibility index (Phi) is 3.90. The van der Waals surface area contributed by atoms with Gasteiger partial charge in [0, 0.05) is 18.6 Å². The number of carbonyl (C=O) groups is 2. The van der Waals surface area contributed by atoms with E-state index < -0.39 is 5.97 Å². The normalized spacial score (nSPS) is 23.5. The first-order valence-electron chi connectivity index (χ1n) is 6.76. The third-order valence-corrected chi connectivity index (χ3v) is 4.32. The van der Waals surface area contributed by atoms with Crippen LogP contribution in [-0.2, 0) is 9.59 Å². The average Bonchev–Trinajstić information content (AvgIpc) is 2.33. The average molecular weight is 254 g/mol. The third kappa shape index (κ3) is 3.02. The summed E-state index contributed by atoms with van der Waals surface area (Å²) < 4.78 is 0. The van der Waals surface area contributed by atoms with Crippen molar-refractivity contribution in [2.75, 3.05) is 19.6 Å². The summed E-state index contributed by atoms with van der Waals surface area (Å²) in [4.78, 5) is 24.6. The van der Waals surface area contributed by atoms with E-state index in [9.17, 15) is 9.59 Å². The minimum atomic E-state index is -0.734. The molecule has 0 atom stereocenters. The maximum atomic E-state index is 12.0. The fourth-order valence-corrected chi connectivity index (χ4v) is 2.66. The highest BCUT2D eigenvalue weighted by Crippen LogP contribution is 2.30. The minimum Gasteiger partial charge on any atom is -0.481 e. The Hall–Kier alpha value is -1.10. The van der Waals surface area contributed by atoms with Crippen molar-refractivity contribution in [3.63, 3.8) is 0 Å². The third-order valence-electron chi connectivity index (χ3n) is 4.32. The predicted molar refractivity (Wildman–Crippen MR) is 67.2 cm³/mol. The molecule has 0 unspecified atom stereocenters. The van der Waals surface area contributed by atoms with Gasteiger partial charge in [-0.3, -0.25) is 9.59 Å². The lowest BCUT2D eigenvalue weighted by Crippen LogP contribution is -2.53. The number of carboxylic acids is 1. The SMILES string of the molecule is CC1(NCC(=O)N2CCC(C(=O)O)CC2)CCC1. The van der Waals surface area contributed by atoms with Crippen LogP contribution in [0.2, 0.25) is 0 Å². The van der Waals surface area contributed by atoms with E-state index in [2.05, 4.69) is 12.2 Å². The Morgan fingerprint density at radius 3 is 2.39 bits per heavy atom. The van der Waals surface area contributed by atoms with Gasteiger partial charge in [0.25, 0.3) is 0 Å². The van der Waals surface area contributed by atoms with Gasteiger partial charge in [-0.1, -0.05) is 0 Å². The second kappa shape index (κ2) is 5.26. The first-order chi connectivity index (χ1) is 8.50. The molecule has 0 spiro atoms. The Balaban J connectivity index is 1.72. The van der Waals surface area contributed by atoms with Crippen LogP contribution in [-0.4, -0.2) is 47.1 Å². The van der Waals surface area contributed by atoms with Crippen LogP contribution in [0.15, 0.2) is 0 Å². The number of likely N-dealkylation sites (tertiary alicyclic amines) is 1. The van der Waals surface area contributed by atoms with Crippen molar-refractivity contribution in [2.45, 2.75) is 44.6 Å². The van der Waals surface area contributed by atoms with E-state index in [0.717, 1.165) is 12.8 Å². The number of rotatable bonds is 4. The van der Waals surface area contributed by atoms with E-state index >= 15 is 0 Å². The van der Waals surface area contributed by atoms with Gasteiger partial charge in [0.2, 0.25) is 5.91 Å². The van der Waals surface area contributed by atoms with E-state index in [4.69, 9.17) is 5.11 Å². The summed E-state index contributed by atoms with van der Waals surface area (Å²) in [6, 6.07) is 0. The second-order valence-corrected chi connectivity index (χ2v) is 5.76. The standard InChI is InChI=1S/C13H22N2O3/c1-13(5-2-6-13)14-9-11(16)15-7-3-10(4-8-15)12(17)18/h10,14H,2-9H2,1H3,(H,17,18). The lowest BCUT2D eigenvalue weighted by atomic mass is 9.78. The molecule has 1 saturated carbocycles. The summed E-state index contributed by atoms with van der Waals surface area (Å²) in [7, 11) is 0. The van der Waals surface area contributed by atoms with Gasteiger partial charge >= 0.3 is 5.97 Å². The molecule has 0 aromatic rings. The van der Waals surface area contributed by atoms with Gasteiger partial charge in [-0.25, -0.2) is 0 Å². The molecule has 18 heavy (non-hydrogen) atoms. The van der Waals surface area contributed by atoms with Crippen LogP contribution in [0.3, 0.4) is 0 Å². The highest BCUT2D eigenvalue weighted by molar-refractivity contribution is 5.79. The largest absolute Gasteiger partial charge is 0.481 e. The molecule has 2 aliphatic rings. The Labute approximate surface area is 108 Å². The molecule has 1 saturated heterocycles. The van der Waals surface area contributed by atoms with Crippen molar-refractivity contribution < 1.29 is 14.7 Å². The molecule has 1 amide bonds. The Morgan fingerprint density at radius 1 is 1.33 bits per heavy atom. The van der Waals surface area contributed by atoms with Crippen molar-refractivity contribution >= 4 is 11.9 Å². The van der Waals surface area contributed by atoms with Gasteiger partial charge in [0.1, 0.15) is 0 Å². The molecule has 1 aliphatic carbocycles. The van der Waals surface area contributed by atoms with E-state index in [1.807, 2.05) is 0 Å². The van der Waals surface area contributed by atoms with Gasteiger partial charge in [-0.05, 0) is 39.0 Å². The molecule has 0 radical (unpaired) electrons. The number of amides is 1. The van der Waals surface area contributed by atoms with Crippen LogP contribution >= 0.6 is 0 Å². The zero-order valence-electron chi connectivity index (χ0n) is 10.9. The molecule has 2 fully saturated rings. The van der Waals surface area contributed by atoms with Crippen LogP contribution in [0.4, 0.5) is 0 Å². The first-order valence-corrected chi connectivity index (χ1v) is 6.76. The first kappa shape index (κ1) is 13.3. The number of nitrogens with zero attached hydrogens (tertiary/aromatic N) is 1. The topological polar surface area (TPSA) is 69.6 Å². The number of hydrogen-bond donors (Lipinski definition) is 2. The van der Waals surface area contributed by atoms with E-state index in [1.54, 1.807) is 4.90 Å². The van der Waals surface area contributed by atoms with Gasteiger partial charge in [-0.2, -0.15) is 0 Å². The summed E-state index contributed by atoms with van der Waals surface area (Å²) in [5.41, 5.74) is 0.148. The minimum absolute atomic E-state index is 0.104. The van der Waals surface area contributed by atoms with Crippen LogP contribution in [0.25, 0.3) is 0 Å². The fourth-order valence-electron chi connectivity index (χ4n) is 2.66. The van der Waals surface area contributed by atoms with Crippen LogP contribution in [0.5, 0.6) is 0 Å². The smallest absolute Gasteiger partial charge is 0.306 e. The van der Waals surface area contributed by atoms with Gasteiger partial charge < -0.3 is 15.3 Å². The van der Waals surface area contributed by atoms with Gasteiger partial charge in [0.05, 0.1) is 12.5 Å². The molecule has 5 heteroatoms. The maximum Gasteiger partial charge on any atom is 0.306 e. The highest BCUT2D eigenvalue weighted by Gasteiger charge is 2.32. The fraction of sp³-hybridized carbons (Fsp3) is 0.846. The van der Waals surface area contributed by atoms with Crippen LogP contribution < -0.4 is 5.32 Å². The summed E-state index contributed by atoms with van der Waals surface area (Å²) >= 11 is 0. The molecule has 102 valence electrons. The number of hydrogen-bond acceptors (Lipinski definition) is 3. The zero-order valence-corrected chi connectivity index (χ0v) is 10.9. The van der Waals surface area contributed by atoms with Gasteiger partial charge in [0.15, 0.2) is 0 Å². The number of nitrogens with one attached hydrogen (secondary N) is 1. The summed E-state index contributed by atoms with van der Waals surface area (Å²) in [5, 5.41) is 12.2. The van der Waals surface area contributed by atoms with Crippen molar-refractivity contribution in [3.05, 3.63) is 0 Å². The summed E-state index contributed by atoms with van der Waals surface area (Å²) in [5.74, 6) is -0.902. The molecule has 0 bridgehead atoms. The van der Waals surface area contributed by atoms with Crippen LogP contribution in [0, 0.1) is 5.92 Å². The number of aliphatic carboxylic acids is 1. The van der Waals surface area contributed by atoms with E-state index in [0.29, 0.717) is 32.5 Å². The summed E-state index contributed by atoms with van der Waals surface area (Å²) in [6.07, 6.45) is 4.68. The lowest BCUT2D eigenvalue weighted by molar-refractivity contribution is -0.145. The van der Waals surface area contributed by atoms with Crippen molar-refractivity contribution in [1.29, 1.82) is 0 Å². The maximum absolute atomic E-state index is 12.0. The van der Waals surface area contributed by atoms with Gasteiger partial charge in [-0.15, -0.1) is 0 Å². The molecular formula is C13H22N2O3. The highest BCUT2D eigenvalue weighted by atomic mass is 16.4. The second-order valence-electron chi connectivity index (χ2n) is 5.76. The Morgan fingerprint density at radius 2 is 1.94 bits per heavy atom. The molecule has 1 heterocycles. The molecule has 0 aromatic carbocycles.